The number of hydrogen-bond donors (Lipinski definition) is 17. The minimum Gasteiger partial charge on any atom is -0.504 e. The van der Waals surface area contributed by atoms with Gasteiger partial charge in [-0.05, 0) is 24.3 Å². The van der Waals surface area contributed by atoms with E-state index in [9.17, 15) is 116 Å². The predicted molar refractivity (Wildman–Crippen MR) is 245 cm³/mol. The summed E-state index contributed by atoms with van der Waals surface area (Å²) in [5.41, 5.74) is -17.7. The van der Waals surface area contributed by atoms with Crippen molar-refractivity contribution in [2.24, 2.45) is 0 Å². The number of cyclic esters (lactones) is 1. The van der Waals surface area contributed by atoms with Gasteiger partial charge in [0, 0.05) is 33.0 Å². The second kappa shape index (κ2) is 16.4. The lowest BCUT2D eigenvalue weighted by Gasteiger charge is -2.43. The first-order valence-corrected chi connectivity index (χ1v) is 21.7. The fourth-order valence-electron chi connectivity index (χ4n) is 9.69. The smallest absolute Gasteiger partial charge is 0.348 e. The third kappa shape index (κ3) is 6.49. The topological polar surface area (TPSA) is 519 Å². The lowest BCUT2D eigenvalue weighted by Crippen LogP contribution is -2.62. The van der Waals surface area contributed by atoms with Gasteiger partial charge >= 0.3 is 35.1 Å². The van der Waals surface area contributed by atoms with E-state index >= 15 is 0 Å². The number of fused-ring (bicyclic) bond motifs is 10. The molecule has 400 valence electrons. The van der Waals surface area contributed by atoms with Crippen LogP contribution in [0.5, 0.6) is 92.0 Å². The number of hydrogen-bond acceptors (Lipinski definition) is 30. The van der Waals surface area contributed by atoms with Crippen LogP contribution in [-0.4, -0.2) is 148 Å². The van der Waals surface area contributed by atoms with Gasteiger partial charge in [0.2, 0.25) is 23.0 Å². The zero-order valence-corrected chi connectivity index (χ0v) is 37.8. The van der Waals surface area contributed by atoms with E-state index in [1.807, 2.05) is 0 Å². The normalized spacial score (nSPS) is 19.3. The summed E-state index contributed by atoms with van der Waals surface area (Å²) in [4.78, 5) is 86.2. The Morgan fingerprint density at radius 1 is 0.346 bits per heavy atom. The second-order valence-corrected chi connectivity index (χ2v) is 17.4. The maximum atomic E-state index is 15.0. The summed E-state index contributed by atoms with van der Waals surface area (Å²) < 4.78 is 38.8. The van der Waals surface area contributed by atoms with Crippen molar-refractivity contribution in [3.8, 4) is 125 Å². The highest BCUT2D eigenvalue weighted by Crippen LogP contribution is 2.59. The van der Waals surface area contributed by atoms with Crippen molar-refractivity contribution in [1.82, 2.24) is 0 Å². The van der Waals surface area contributed by atoms with Gasteiger partial charge in [0.05, 0.1) is 33.4 Å². The van der Waals surface area contributed by atoms with Gasteiger partial charge in [-0.2, -0.15) is 0 Å². The molecular formula is C48H28O30. The molecule has 17 N–H and O–H groups in total. The summed E-state index contributed by atoms with van der Waals surface area (Å²) in [5.74, 6) is -31.1. The zero-order chi connectivity index (χ0) is 56.3. The van der Waals surface area contributed by atoms with Crippen molar-refractivity contribution in [2.75, 3.05) is 6.61 Å². The van der Waals surface area contributed by atoms with Crippen molar-refractivity contribution in [2.45, 2.75) is 30.7 Å². The highest BCUT2D eigenvalue weighted by atomic mass is 16.7. The molecule has 6 aromatic carbocycles. The molecule has 3 aliphatic rings. The predicted octanol–water partition coefficient (Wildman–Crippen LogP) is 1.96. The molecule has 30 heteroatoms. The van der Waals surface area contributed by atoms with Gasteiger partial charge in [-0.25, -0.2) is 28.8 Å². The minimum atomic E-state index is -2.69. The van der Waals surface area contributed by atoms with Crippen molar-refractivity contribution in [3.05, 3.63) is 67.4 Å². The number of aliphatic hydroxyl groups is 1. The molecule has 11 rings (SSSR count). The van der Waals surface area contributed by atoms with Gasteiger partial charge in [-0.15, -0.1) is 0 Å². The van der Waals surface area contributed by atoms with E-state index in [-0.39, 0.29) is 0 Å². The highest BCUT2D eigenvalue weighted by Gasteiger charge is 2.54. The van der Waals surface area contributed by atoms with E-state index in [1.165, 1.54) is 0 Å². The number of ether oxygens (including phenoxy) is 5. The average Bonchev–Trinajstić information content (AvgIpc) is 3.12. The molecule has 5 unspecified atom stereocenters. The fraction of sp³-hybridized carbons (Fsp3) is 0.125. The number of carbonyl (C=O) groups excluding carboxylic acids is 4. The maximum Gasteiger partial charge on any atom is 0.348 e. The first-order chi connectivity index (χ1) is 36.8. The molecule has 0 spiro atoms. The van der Waals surface area contributed by atoms with Crippen molar-refractivity contribution >= 4 is 56.6 Å². The molecule has 1 fully saturated rings. The van der Waals surface area contributed by atoms with Crippen LogP contribution in [0.2, 0.25) is 0 Å². The Bertz CT molecular complexity index is 4240. The molecule has 5 heterocycles. The molecule has 3 aliphatic heterocycles. The van der Waals surface area contributed by atoms with Gasteiger partial charge in [0.1, 0.15) is 23.5 Å². The summed E-state index contributed by atoms with van der Waals surface area (Å²) in [7, 11) is 0. The number of phenols is 16. The minimum absolute atomic E-state index is 0.298. The first-order valence-electron chi connectivity index (χ1n) is 21.7. The van der Waals surface area contributed by atoms with Crippen LogP contribution in [-0.2, 0) is 23.7 Å². The van der Waals surface area contributed by atoms with Gasteiger partial charge in [0.15, 0.2) is 105 Å². The van der Waals surface area contributed by atoms with Crippen LogP contribution in [0.25, 0.3) is 66.1 Å². The fourth-order valence-corrected chi connectivity index (χ4v) is 9.69. The molecule has 1 saturated heterocycles. The summed E-state index contributed by atoms with van der Waals surface area (Å²) in [6.45, 7) is -1.45. The first kappa shape index (κ1) is 49.1. The number of phenolic OH excluding ortho intramolecular Hbond substituents is 16. The van der Waals surface area contributed by atoms with Crippen molar-refractivity contribution in [1.29, 1.82) is 0 Å². The van der Waals surface area contributed by atoms with Crippen LogP contribution in [0.4, 0.5) is 0 Å². The summed E-state index contributed by atoms with van der Waals surface area (Å²) in [5, 5.41) is 185. The summed E-state index contributed by atoms with van der Waals surface area (Å²) >= 11 is 0. The largest absolute Gasteiger partial charge is 0.504 e. The number of rotatable bonds is 0. The molecular weight excluding hydrogens is 1060 g/mol. The Morgan fingerprint density at radius 2 is 0.654 bits per heavy atom. The van der Waals surface area contributed by atoms with Gasteiger partial charge < -0.3 is 119 Å². The third-order valence-electron chi connectivity index (χ3n) is 13.2. The Hall–Kier alpha value is -11.1. The van der Waals surface area contributed by atoms with Crippen LogP contribution in [0.3, 0.4) is 0 Å². The quantitative estimate of drug-likeness (QED) is 0.0339. The molecule has 0 amide bonds. The Balaban J connectivity index is 1.22. The lowest BCUT2D eigenvalue weighted by atomic mass is 9.89. The molecule has 30 nitrogen and oxygen atoms in total. The number of aliphatic hydroxyl groups excluding tert-OH is 1. The summed E-state index contributed by atoms with van der Waals surface area (Å²) in [6.07, 6.45) is -12.9. The molecule has 2 aromatic heterocycles. The van der Waals surface area contributed by atoms with Gasteiger partial charge in [0.25, 0.3) is 0 Å². The van der Waals surface area contributed by atoms with Gasteiger partial charge in [-0.1, -0.05) is 0 Å². The highest BCUT2D eigenvalue weighted by molar-refractivity contribution is 6.29. The van der Waals surface area contributed by atoms with E-state index in [0.29, 0.717) is 24.3 Å². The molecule has 6 bridgehead atoms. The number of benzene rings is 6. The Kier molecular flexibility index (Phi) is 10.3. The molecule has 8 aromatic rings. The Morgan fingerprint density at radius 3 is 1.03 bits per heavy atom. The summed E-state index contributed by atoms with van der Waals surface area (Å²) in [6, 6.07) is 1.43. The molecule has 78 heavy (non-hydrogen) atoms. The third-order valence-corrected chi connectivity index (χ3v) is 13.2. The molecule has 5 atom stereocenters. The number of aromatic hydroxyl groups is 16. The van der Waals surface area contributed by atoms with Crippen LogP contribution in [0.15, 0.2) is 42.7 Å². The number of esters is 4. The average molecular weight is 1080 g/mol. The van der Waals surface area contributed by atoms with E-state index in [4.69, 9.17) is 32.5 Å². The van der Waals surface area contributed by atoms with E-state index in [2.05, 4.69) is 0 Å². The number of carbonyl (C=O) groups is 4. The van der Waals surface area contributed by atoms with Crippen molar-refractivity contribution in [3.63, 3.8) is 0 Å². The Labute approximate surface area is 424 Å². The van der Waals surface area contributed by atoms with E-state index < -0.39 is 253 Å². The van der Waals surface area contributed by atoms with E-state index in [1.54, 1.807) is 0 Å². The molecule has 0 saturated carbocycles. The standard InChI is InChI=1S/C48H28O30/c49-10-1-6-17(31(59)27(10)55)21-33(61)35(63)23-19-20-24(46(69)75-38(19)21)36(64)34(62)22(39(20)76-47(23)70)18-9(4-13(52)28(56)32(18)60)43(66)74-37-14(5-72-42(6)65)73-48(71)41-40(37)77-44(67)7-2-11(50)25(53)29(57)15(7)16-8(45(68)78-41)3-12(51)26(54)30(16)58/h1-4,14,37,40-41,48-64,71H,5H2. The molecule has 0 aliphatic carbocycles. The lowest BCUT2D eigenvalue weighted by molar-refractivity contribution is -0.284. The van der Waals surface area contributed by atoms with Crippen LogP contribution in [0, 0.1) is 0 Å². The van der Waals surface area contributed by atoms with E-state index in [0.717, 1.165) is 0 Å². The van der Waals surface area contributed by atoms with Crippen LogP contribution in [0.1, 0.15) is 41.4 Å². The second-order valence-electron chi connectivity index (χ2n) is 17.4. The van der Waals surface area contributed by atoms with Gasteiger partial charge in [-0.3, -0.25) is 0 Å². The zero-order valence-electron chi connectivity index (χ0n) is 37.8. The maximum absolute atomic E-state index is 15.0. The monoisotopic (exact) mass is 1080 g/mol. The molecule has 0 radical (unpaired) electrons. The van der Waals surface area contributed by atoms with Crippen LogP contribution < -0.4 is 11.3 Å². The van der Waals surface area contributed by atoms with Crippen LogP contribution >= 0.6 is 0 Å². The van der Waals surface area contributed by atoms with Crippen molar-refractivity contribution < 1.29 is 139 Å². The SMILES string of the molecule is O=C1OC2C(O)OC3COC(=O)c4cc(O)c(O)c(O)c4-c4c(O)c(O)c5c(=O)oc6c(c(O)c(O)c7c(=O)oc4c5c67)-c4c(cc(O)c(O)c4O)C(=O)OC3C2OC(=O)c2cc(O)c(O)c(O)c2-c2c1cc(O)c(O)c2O.